The van der Waals surface area contributed by atoms with E-state index in [9.17, 15) is 9.59 Å². The molecule has 1 rings (SSSR count). The Hall–Kier alpha value is -1.30. The summed E-state index contributed by atoms with van der Waals surface area (Å²) in [7, 11) is 0. The lowest BCUT2D eigenvalue weighted by Gasteiger charge is -2.22. The average molecular weight is 285 g/mol. The highest BCUT2D eigenvalue weighted by molar-refractivity contribution is 5.82. The maximum Gasteiger partial charge on any atom is 0.326 e. The zero-order valence-electron chi connectivity index (χ0n) is 12.7. The minimum absolute atomic E-state index is 0.0862. The van der Waals surface area contributed by atoms with Crippen molar-refractivity contribution in [1.82, 2.24) is 15.5 Å². The first-order chi connectivity index (χ1) is 9.49. The zero-order chi connectivity index (χ0) is 15.1. The van der Waals surface area contributed by atoms with Crippen LogP contribution in [0.25, 0.3) is 0 Å². The van der Waals surface area contributed by atoms with Crippen molar-refractivity contribution in [3.8, 4) is 0 Å². The lowest BCUT2D eigenvalue weighted by atomic mass is 9.99. The van der Waals surface area contributed by atoms with Gasteiger partial charge in [0.1, 0.15) is 6.04 Å². The van der Waals surface area contributed by atoms with Crippen LogP contribution in [0.3, 0.4) is 0 Å². The van der Waals surface area contributed by atoms with Crippen LogP contribution < -0.4 is 10.6 Å². The Labute approximate surface area is 120 Å². The summed E-state index contributed by atoms with van der Waals surface area (Å²) in [6.45, 7) is 8.19. The number of carboxylic acid groups (broad SMARTS) is 1. The highest BCUT2D eigenvalue weighted by atomic mass is 16.4. The normalized spacial score (nSPS) is 17.6. The van der Waals surface area contributed by atoms with Crippen molar-refractivity contribution in [2.75, 3.05) is 19.6 Å². The van der Waals surface area contributed by atoms with E-state index in [-0.39, 0.29) is 5.92 Å². The molecule has 3 N–H and O–H groups in total. The number of rotatable bonds is 9. The van der Waals surface area contributed by atoms with E-state index in [1.54, 1.807) is 0 Å². The van der Waals surface area contributed by atoms with E-state index in [2.05, 4.69) is 22.5 Å². The van der Waals surface area contributed by atoms with Crippen molar-refractivity contribution in [3.05, 3.63) is 0 Å². The molecule has 0 aromatic carbocycles. The summed E-state index contributed by atoms with van der Waals surface area (Å²) in [4.78, 5) is 25.2. The Morgan fingerprint density at radius 3 is 2.45 bits per heavy atom. The molecule has 2 atom stereocenters. The highest BCUT2D eigenvalue weighted by Crippen LogP contribution is 2.25. The van der Waals surface area contributed by atoms with Gasteiger partial charge in [0.15, 0.2) is 0 Å². The van der Waals surface area contributed by atoms with Crippen LogP contribution in [0.2, 0.25) is 0 Å². The van der Waals surface area contributed by atoms with E-state index in [4.69, 9.17) is 5.11 Å². The molecule has 0 spiro atoms. The number of urea groups is 1. The molecule has 6 heteroatoms. The molecular formula is C14H27N3O3. The molecule has 2 amide bonds. The molecule has 1 fully saturated rings. The summed E-state index contributed by atoms with van der Waals surface area (Å²) in [6, 6.07) is -0.549. The average Bonchev–Trinajstić information content (AvgIpc) is 3.24. The Morgan fingerprint density at radius 1 is 1.35 bits per heavy atom. The number of hydrogen-bond donors (Lipinski definition) is 3. The molecule has 116 valence electrons. The van der Waals surface area contributed by atoms with Crippen molar-refractivity contribution in [2.45, 2.75) is 52.1 Å². The fourth-order valence-corrected chi connectivity index (χ4v) is 2.23. The van der Waals surface area contributed by atoms with Gasteiger partial charge in [-0.3, -0.25) is 4.90 Å². The van der Waals surface area contributed by atoms with Gasteiger partial charge >= 0.3 is 12.0 Å². The largest absolute Gasteiger partial charge is 0.480 e. The first-order valence-corrected chi connectivity index (χ1v) is 7.50. The van der Waals surface area contributed by atoms with Gasteiger partial charge in [0.05, 0.1) is 0 Å². The SMILES string of the molecule is CCC(C)[C@H](NC(=O)NCCN(CC)C1CC1)C(=O)O. The van der Waals surface area contributed by atoms with Crippen LogP contribution in [-0.2, 0) is 4.79 Å². The van der Waals surface area contributed by atoms with E-state index in [1.165, 1.54) is 12.8 Å². The molecule has 0 aromatic heterocycles. The van der Waals surface area contributed by atoms with E-state index >= 15 is 0 Å². The number of hydrogen-bond acceptors (Lipinski definition) is 3. The van der Waals surface area contributed by atoms with E-state index in [0.717, 1.165) is 13.1 Å². The topological polar surface area (TPSA) is 81.7 Å². The number of carbonyl (C=O) groups is 2. The Kier molecular flexibility index (Phi) is 6.78. The van der Waals surface area contributed by atoms with Crippen molar-refractivity contribution in [3.63, 3.8) is 0 Å². The molecule has 20 heavy (non-hydrogen) atoms. The predicted molar refractivity (Wildman–Crippen MR) is 77.7 cm³/mol. The first-order valence-electron chi connectivity index (χ1n) is 7.50. The van der Waals surface area contributed by atoms with Gasteiger partial charge in [0.25, 0.3) is 0 Å². The number of aliphatic carboxylic acids is 1. The summed E-state index contributed by atoms with van der Waals surface area (Å²) >= 11 is 0. The number of amides is 2. The summed E-state index contributed by atoms with van der Waals surface area (Å²) in [6.07, 6.45) is 3.20. The number of nitrogens with zero attached hydrogens (tertiary/aromatic N) is 1. The highest BCUT2D eigenvalue weighted by Gasteiger charge is 2.28. The summed E-state index contributed by atoms with van der Waals surface area (Å²) in [5, 5.41) is 14.4. The van der Waals surface area contributed by atoms with Gasteiger partial charge in [-0.05, 0) is 25.3 Å². The van der Waals surface area contributed by atoms with Gasteiger partial charge in [-0.2, -0.15) is 0 Å². The van der Waals surface area contributed by atoms with Crippen molar-refractivity contribution >= 4 is 12.0 Å². The summed E-state index contributed by atoms with van der Waals surface area (Å²) < 4.78 is 0. The molecule has 1 saturated carbocycles. The van der Waals surface area contributed by atoms with E-state index < -0.39 is 18.0 Å². The number of carbonyl (C=O) groups excluding carboxylic acids is 1. The van der Waals surface area contributed by atoms with E-state index in [1.807, 2.05) is 13.8 Å². The number of nitrogens with one attached hydrogen (secondary N) is 2. The minimum atomic E-state index is -0.984. The van der Waals surface area contributed by atoms with Gasteiger partial charge in [-0.1, -0.05) is 27.2 Å². The second kappa shape index (κ2) is 8.09. The quantitative estimate of drug-likeness (QED) is 0.596. The summed E-state index contributed by atoms with van der Waals surface area (Å²) in [5.74, 6) is -1.07. The molecule has 0 bridgehead atoms. The Bertz CT molecular complexity index is 332. The molecule has 0 radical (unpaired) electrons. The fourth-order valence-electron chi connectivity index (χ4n) is 2.23. The van der Waals surface area contributed by atoms with Gasteiger partial charge in [0.2, 0.25) is 0 Å². The number of carboxylic acids is 1. The van der Waals surface area contributed by atoms with Crippen LogP contribution in [0.4, 0.5) is 4.79 Å². The second-order valence-corrected chi connectivity index (χ2v) is 5.46. The molecule has 1 unspecified atom stereocenters. The Balaban J connectivity index is 2.28. The maximum atomic E-state index is 11.7. The third-order valence-corrected chi connectivity index (χ3v) is 3.92. The smallest absolute Gasteiger partial charge is 0.326 e. The molecule has 6 nitrogen and oxygen atoms in total. The molecule has 0 aliphatic heterocycles. The van der Waals surface area contributed by atoms with E-state index in [0.29, 0.717) is 19.0 Å². The van der Waals surface area contributed by atoms with Gasteiger partial charge in [0, 0.05) is 19.1 Å². The molecule has 0 aromatic rings. The lowest BCUT2D eigenvalue weighted by Crippen LogP contribution is -2.50. The minimum Gasteiger partial charge on any atom is -0.480 e. The van der Waals surface area contributed by atoms with Crippen LogP contribution in [0, 0.1) is 5.92 Å². The molecule has 0 heterocycles. The lowest BCUT2D eigenvalue weighted by molar-refractivity contribution is -0.140. The van der Waals surface area contributed by atoms with Crippen molar-refractivity contribution in [2.24, 2.45) is 5.92 Å². The van der Waals surface area contributed by atoms with Crippen LogP contribution in [-0.4, -0.2) is 53.7 Å². The molecule has 1 aliphatic rings. The maximum absolute atomic E-state index is 11.7. The predicted octanol–water partition coefficient (Wildman–Crippen LogP) is 1.27. The Morgan fingerprint density at radius 2 is 2.00 bits per heavy atom. The van der Waals surface area contributed by atoms with Gasteiger partial charge in [-0.15, -0.1) is 0 Å². The number of likely N-dealkylation sites (N-methyl/N-ethyl adjacent to an activating group) is 1. The van der Waals surface area contributed by atoms with Crippen LogP contribution in [0.5, 0.6) is 0 Å². The van der Waals surface area contributed by atoms with Crippen LogP contribution in [0.15, 0.2) is 0 Å². The second-order valence-electron chi connectivity index (χ2n) is 5.46. The van der Waals surface area contributed by atoms with Crippen molar-refractivity contribution < 1.29 is 14.7 Å². The monoisotopic (exact) mass is 285 g/mol. The van der Waals surface area contributed by atoms with Crippen LogP contribution >= 0.6 is 0 Å². The van der Waals surface area contributed by atoms with Gasteiger partial charge < -0.3 is 15.7 Å². The standard InChI is InChI=1S/C14H27N3O3/c1-4-10(3)12(13(18)19)16-14(20)15-8-9-17(5-2)11-6-7-11/h10-12H,4-9H2,1-3H3,(H,18,19)(H2,15,16,20)/t10?,12-/m0/s1. The first kappa shape index (κ1) is 16.8. The molecule has 0 saturated heterocycles. The fraction of sp³-hybridized carbons (Fsp3) is 0.857. The zero-order valence-corrected chi connectivity index (χ0v) is 12.7. The van der Waals surface area contributed by atoms with Crippen LogP contribution in [0.1, 0.15) is 40.0 Å². The third kappa shape index (κ3) is 5.36. The summed E-state index contributed by atoms with van der Waals surface area (Å²) in [5.41, 5.74) is 0. The van der Waals surface area contributed by atoms with Gasteiger partial charge in [-0.25, -0.2) is 9.59 Å². The third-order valence-electron chi connectivity index (χ3n) is 3.92. The molecular weight excluding hydrogens is 258 g/mol. The van der Waals surface area contributed by atoms with Crippen molar-refractivity contribution in [1.29, 1.82) is 0 Å². The molecule has 1 aliphatic carbocycles.